The van der Waals surface area contributed by atoms with Crippen LogP contribution < -0.4 is 26.8 Å². The lowest BCUT2D eigenvalue weighted by atomic mass is 9.82. The highest BCUT2D eigenvalue weighted by Gasteiger charge is 2.52. The molecule has 4 rings (SSSR count). The van der Waals surface area contributed by atoms with E-state index in [4.69, 9.17) is 0 Å². The molecule has 1 saturated heterocycles. The molecule has 6 atom stereocenters. The molecule has 3 aliphatic rings. The number of rotatable bonds is 12. The molecule has 2 saturated carbocycles. The molecule has 2 unspecified atom stereocenters. The Balaban J connectivity index is 1.56. The number of aromatic amines is 1. The molecule has 1 aliphatic heterocycles. The summed E-state index contributed by atoms with van der Waals surface area (Å²) in [5.74, 6) is -3.55. The molecule has 1 aromatic rings. The van der Waals surface area contributed by atoms with Crippen molar-refractivity contribution in [2.24, 2.45) is 22.7 Å². The van der Waals surface area contributed by atoms with Crippen molar-refractivity contribution in [1.82, 2.24) is 31.2 Å². The Morgan fingerprint density at radius 2 is 1.56 bits per heavy atom. The third-order valence-electron chi connectivity index (χ3n) is 9.61. The van der Waals surface area contributed by atoms with Crippen LogP contribution in [0.1, 0.15) is 104 Å². The number of carbonyl (C=O) groups is 6. The summed E-state index contributed by atoms with van der Waals surface area (Å²) >= 11 is 0. The second-order valence-electron chi connectivity index (χ2n) is 15.8. The SMILES string of the molecule is CCC[C@H](NC(=O)[C@@H]1C2CCCC2CN1C(=O)[C@@H](NC(=O)[C@@H](NC(=O)c1cccc(=O)[nH]1)C(C)(C)C)C(C)(C)C)C(=O)C(=O)NC1CC1. The summed E-state index contributed by atoms with van der Waals surface area (Å²) in [5, 5.41) is 11.1. The Hall–Kier alpha value is -4.03. The maximum absolute atomic E-state index is 14.5. The van der Waals surface area contributed by atoms with E-state index in [1.165, 1.54) is 23.1 Å². The summed E-state index contributed by atoms with van der Waals surface area (Å²) in [6, 6.07) is 0.142. The van der Waals surface area contributed by atoms with E-state index in [2.05, 4.69) is 26.3 Å². The van der Waals surface area contributed by atoms with Crippen molar-refractivity contribution in [3.8, 4) is 0 Å². The molecule has 13 nitrogen and oxygen atoms in total. The van der Waals surface area contributed by atoms with Gasteiger partial charge in [0.05, 0.1) is 6.04 Å². The fourth-order valence-electron chi connectivity index (χ4n) is 6.83. The van der Waals surface area contributed by atoms with Crippen molar-refractivity contribution in [3.63, 3.8) is 0 Å². The fourth-order valence-corrected chi connectivity index (χ4v) is 6.83. The van der Waals surface area contributed by atoms with Gasteiger partial charge in [0.25, 0.3) is 11.8 Å². The Labute approximate surface area is 282 Å². The Kier molecular flexibility index (Phi) is 11.2. The van der Waals surface area contributed by atoms with Gasteiger partial charge in [-0.05, 0) is 60.8 Å². The van der Waals surface area contributed by atoms with Crippen molar-refractivity contribution in [2.45, 2.75) is 124 Å². The highest BCUT2D eigenvalue weighted by Crippen LogP contribution is 2.43. The number of aromatic nitrogens is 1. The Morgan fingerprint density at radius 3 is 2.15 bits per heavy atom. The van der Waals surface area contributed by atoms with Crippen LogP contribution in [0.25, 0.3) is 0 Å². The number of hydrogen-bond donors (Lipinski definition) is 5. The zero-order chi connectivity index (χ0) is 35.6. The quantitative estimate of drug-likeness (QED) is 0.210. The van der Waals surface area contributed by atoms with Gasteiger partial charge in [-0.1, -0.05) is 67.4 Å². The van der Waals surface area contributed by atoms with Gasteiger partial charge in [0, 0.05) is 18.7 Å². The van der Waals surface area contributed by atoms with E-state index < -0.39 is 75.9 Å². The number of likely N-dealkylation sites (tertiary alicyclic amines) is 1. The van der Waals surface area contributed by atoms with Gasteiger partial charge in [-0.25, -0.2) is 0 Å². The van der Waals surface area contributed by atoms with Crippen LogP contribution >= 0.6 is 0 Å². The molecule has 5 N–H and O–H groups in total. The van der Waals surface area contributed by atoms with E-state index in [1.807, 2.05) is 27.7 Å². The number of nitrogens with zero attached hydrogens (tertiary/aromatic N) is 1. The predicted molar refractivity (Wildman–Crippen MR) is 178 cm³/mol. The van der Waals surface area contributed by atoms with Crippen LogP contribution in [0.15, 0.2) is 23.0 Å². The van der Waals surface area contributed by atoms with Crippen LogP contribution in [0.4, 0.5) is 0 Å². The largest absolute Gasteiger partial charge is 0.347 e. The molecular weight excluding hydrogens is 616 g/mol. The minimum atomic E-state index is -1.08. The molecule has 2 heterocycles. The predicted octanol–water partition coefficient (Wildman–Crippen LogP) is 1.81. The van der Waals surface area contributed by atoms with Crippen LogP contribution in [-0.2, 0) is 24.0 Å². The monoisotopic (exact) mass is 668 g/mol. The maximum atomic E-state index is 14.5. The second-order valence-corrected chi connectivity index (χ2v) is 15.8. The number of amides is 5. The summed E-state index contributed by atoms with van der Waals surface area (Å²) in [6.07, 6.45) is 5.02. The minimum Gasteiger partial charge on any atom is -0.347 e. The number of nitrogens with one attached hydrogen (secondary N) is 5. The molecule has 1 aromatic heterocycles. The highest BCUT2D eigenvalue weighted by molar-refractivity contribution is 6.38. The zero-order valence-corrected chi connectivity index (χ0v) is 29.2. The van der Waals surface area contributed by atoms with Crippen molar-refractivity contribution in [2.75, 3.05) is 6.54 Å². The number of Topliss-reactive ketones (excluding diaryl/α,β-unsaturated/α-hetero) is 1. The van der Waals surface area contributed by atoms with Crippen LogP contribution in [0.2, 0.25) is 0 Å². The molecule has 13 heteroatoms. The number of carbonyl (C=O) groups excluding carboxylic acids is 6. The lowest BCUT2D eigenvalue weighted by Crippen LogP contribution is -2.63. The average molecular weight is 669 g/mol. The smallest absolute Gasteiger partial charge is 0.289 e. The first-order valence-electron chi connectivity index (χ1n) is 17.2. The summed E-state index contributed by atoms with van der Waals surface area (Å²) in [6.45, 7) is 13.0. The number of H-pyrrole nitrogens is 1. The van der Waals surface area contributed by atoms with Crippen LogP contribution in [0.5, 0.6) is 0 Å². The van der Waals surface area contributed by atoms with Gasteiger partial charge in [-0.3, -0.25) is 33.6 Å². The van der Waals surface area contributed by atoms with Crippen molar-refractivity contribution in [1.29, 1.82) is 0 Å². The van der Waals surface area contributed by atoms with Gasteiger partial charge in [-0.15, -0.1) is 0 Å². The third-order valence-corrected chi connectivity index (χ3v) is 9.61. The first-order chi connectivity index (χ1) is 22.4. The van der Waals surface area contributed by atoms with E-state index in [0.29, 0.717) is 13.0 Å². The first-order valence-corrected chi connectivity index (χ1v) is 17.2. The fraction of sp³-hybridized carbons (Fsp3) is 0.686. The van der Waals surface area contributed by atoms with Crippen LogP contribution in [-0.4, -0.2) is 82.0 Å². The van der Waals surface area contributed by atoms with Gasteiger partial charge < -0.3 is 31.2 Å². The molecule has 48 heavy (non-hydrogen) atoms. The standard InChI is InChI=1S/C35H52N6O7/c1-8-11-22(26(43)31(46)36-20-16-17-20)38-30(45)25-21-13-9-12-19(21)18-41(25)33(48)28(35(5,6)7)40-32(47)27(34(2,3)4)39-29(44)23-14-10-15-24(42)37-23/h10,14-15,19-22,25,27-28H,8-9,11-13,16-18H2,1-7H3,(H,36,46)(H,37,42)(H,38,45)(H,39,44)(H,40,47)/t19?,21?,22-,25-,27+,28+/m0/s1. The first kappa shape index (κ1) is 36.8. The molecule has 5 amide bonds. The normalized spacial score (nSPS) is 22.6. The minimum absolute atomic E-state index is 0.000248. The van der Waals surface area contributed by atoms with Gasteiger partial charge in [-0.2, -0.15) is 0 Å². The van der Waals surface area contributed by atoms with Crippen molar-refractivity contribution >= 4 is 35.3 Å². The highest BCUT2D eigenvalue weighted by atomic mass is 16.2. The van der Waals surface area contributed by atoms with Crippen molar-refractivity contribution < 1.29 is 28.8 Å². The molecule has 3 fully saturated rings. The summed E-state index contributed by atoms with van der Waals surface area (Å²) in [4.78, 5) is 97.0. The summed E-state index contributed by atoms with van der Waals surface area (Å²) in [7, 11) is 0. The maximum Gasteiger partial charge on any atom is 0.289 e. The molecule has 0 bridgehead atoms. The van der Waals surface area contributed by atoms with E-state index in [-0.39, 0.29) is 30.0 Å². The number of pyridine rings is 1. The van der Waals surface area contributed by atoms with Crippen LogP contribution in [0, 0.1) is 22.7 Å². The number of hydrogen-bond acceptors (Lipinski definition) is 7. The number of ketones is 1. The van der Waals surface area contributed by atoms with E-state index >= 15 is 0 Å². The van der Waals surface area contributed by atoms with Crippen LogP contribution in [0.3, 0.4) is 0 Å². The van der Waals surface area contributed by atoms with Gasteiger partial charge >= 0.3 is 0 Å². The molecular formula is C35H52N6O7. The molecule has 0 spiro atoms. The molecule has 0 radical (unpaired) electrons. The average Bonchev–Trinajstić information content (AvgIpc) is 3.56. The van der Waals surface area contributed by atoms with E-state index in [1.54, 1.807) is 20.8 Å². The molecule has 0 aromatic carbocycles. The lowest BCUT2D eigenvalue weighted by molar-refractivity contribution is -0.146. The van der Waals surface area contributed by atoms with E-state index in [9.17, 15) is 33.6 Å². The lowest BCUT2D eigenvalue weighted by Gasteiger charge is -2.38. The second kappa shape index (κ2) is 14.6. The Bertz CT molecular complexity index is 1470. The van der Waals surface area contributed by atoms with E-state index in [0.717, 1.165) is 32.1 Å². The van der Waals surface area contributed by atoms with Gasteiger partial charge in [0.1, 0.15) is 23.8 Å². The Morgan fingerprint density at radius 1 is 0.896 bits per heavy atom. The number of fused-ring (bicyclic) bond motifs is 1. The summed E-state index contributed by atoms with van der Waals surface area (Å²) < 4.78 is 0. The molecule has 2 aliphatic carbocycles. The van der Waals surface area contributed by atoms with Gasteiger partial charge in [0.2, 0.25) is 29.1 Å². The summed E-state index contributed by atoms with van der Waals surface area (Å²) in [5.41, 5.74) is -2.03. The topological polar surface area (TPSA) is 187 Å². The van der Waals surface area contributed by atoms with Gasteiger partial charge in [0.15, 0.2) is 0 Å². The zero-order valence-electron chi connectivity index (χ0n) is 29.2. The third kappa shape index (κ3) is 8.70. The molecule has 264 valence electrons. The van der Waals surface area contributed by atoms with Crippen molar-refractivity contribution in [3.05, 3.63) is 34.2 Å².